The van der Waals surface area contributed by atoms with Crippen LogP contribution in [0.2, 0.25) is 0 Å². The van der Waals surface area contributed by atoms with E-state index in [1.165, 1.54) is 10.9 Å². The van der Waals surface area contributed by atoms with E-state index < -0.39 is 0 Å². The zero-order valence-electron chi connectivity index (χ0n) is 13.1. The molecule has 0 atom stereocenters. The van der Waals surface area contributed by atoms with Crippen molar-refractivity contribution in [2.75, 3.05) is 13.2 Å². The van der Waals surface area contributed by atoms with Crippen LogP contribution in [0.1, 0.15) is 34.1 Å². The van der Waals surface area contributed by atoms with Crippen molar-refractivity contribution in [2.45, 2.75) is 46.2 Å². The first-order valence-electron chi connectivity index (χ1n) is 7.47. The highest BCUT2D eigenvalue weighted by molar-refractivity contribution is 5.86. The maximum absolute atomic E-state index is 5.81. The van der Waals surface area contributed by atoms with Gasteiger partial charge in [-0.15, -0.1) is 0 Å². The molecule has 1 aromatic heterocycles. The van der Waals surface area contributed by atoms with Gasteiger partial charge in [0.05, 0.1) is 12.1 Å². The molecule has 0 radical (unpaired) electrons. The van der Waals surface area contributed by atoms with Gasteiger partial charge < -0.3 is 14.6 Å². The van der Waals surface area contributed by atoms with Crippen LogP contribution in [0.3, 0.4) is 0 Å². The summed E-state index contributed by atoms with van der Waals surface area (Å²) in [5.74, 6) is 0.992. The first-order chi connectivity index (χ1) is 9.51. The first kappa shape index (κ1) is 14.9. The molecule has 0 unspecified atom stereocenters. The average Bonchev–Trinajstić information content (AvgIpc) is 2.79. The van der Waals surface area contributed by atoms with Gasteiger partial charge in [-0.3, -0.25) is 0 Å². The topological polar surface area (TPSA) is 26.2 Å². The lowest BCUT2D eigenvalue weighted by atomic mass is 10.1. The molecular weight excluding hydrogens is 248 g/mol. The summed E-state index contributed by atoms with van der Waals surface area (Å²) >= 11 is 0. The number of benzene rings is 1. The van der Waals surface area contributed by atoms with Gasteiger partial charge in [-0.1, -0.05) is 13.0 Å². The molecule has 0 bridgehead atoms. The quantitative estimate of drug-likeness (QED) is 0.866. The third-order valence-electron chi connectivity index (χ3n) is 3.24. The second-order valence-corrected chi connectivity index (χ2v) is 6.22. The molecule has 0 saturated carbocycles. The number of aromatic nitrogens is 1. The summed E-state index contributed by atoms with van der Waals surface area (Å²) < 4.78 is 8.10. The van der Waals surface area contributed by atoms with Crippen LogP contribution in [0.25, 0.3) is 10.9 Å². The van der Waals surface area contributed by atoms with E-state index in [0.29, 0.717) is 0 Å². The van der Waals surface area contributed by atoms with Gasteiger partial charge >= 0.3 is 0 Å². The SMILES string of the molecule is CCCOc1cccc2c1ccn2CCNC(C)(C)C. The Morgan fingerprint density at radius 2 is 2.00 bits per heavy atom. The summed E-state index contributed by atoms with van der Waals surface area (Å²) in [4.78, 5) is 0. The van der Waals surface area contributed by atoms with Crippen molar-refractivity contribution in [2.24, 2.45) is 0 Å². The van der Waals surface area contributed by atoms with Gasteiger partial charge in [0, 0.05) is 30.2 Å². The predicted molar refractivity (Wildman–Crippen MR) is 85.5 cm³/mol. The van der Waals surface area contributed by atoms with Crippen molar-refractivity contribution in [3.63, 3.8) is 0 Å². The number of rotatable bonds is 6. The van der Waals surface area contributed by atoms with Gasteiger partial charge in [0.25, 0.3) is 0 Å². The molecule has 2 aromatic rings. The van der Waals surface area contributed by atoms with Crippen molar-refractivity contribution in [3.8, 4) is 5.75 Å². The molecule has 0 aliphatic rings. The third-order valence-corrected chi connectivity index (χ3v) is 3.24. The van der Waals surface area contributed by atoms with Crippen LogP contribution in [0.5, 0.6) is 5.75 Å². The molecule has 3 heteroatoms. The van der Waals surface area contributed by atoms with Gasteiger partial charge in [-0.25, -0.2) is 0 Å². The van der Waals surface area contributed by atoms with Crippen molar-refractivity contribution in [1.82, 2.24) is 9.88 Å². The molecule has 0 fully saturated rings. The average molecular weight is 274 g/mol. The summed E-state index contributed by atoms with van der Waals surface area (Å²) in [6, 6.07) is 8.43. The van der Waals surface area contributed by atoms with Gasteiger partial charge in [0.1, 0.15) is 5.75 Å². The Morgan fingerprint density at radius 3 is 2.70 bits per heavy atom. The van der Waals surface area contributed by atoms with Crippen LogP contribution < -0.4 is 10.1 Å². The standard InChI is InChI=1S/C17H26N2O/c1-5-13-20-16-8-6-7-15-14(16)9-11-19(15)12-10-18-17(2,3)4/h6-9,11,18H,5,10,12-13H2,1-4H3. The molecule has 1 aromatic carbocycles. The van der Waals surface area contributed by atoms with Crippen molar-refractivity contribution in [1.29, 1.82) is 0 Å². The summed E-state index contributed by atoms with van der Waals surface area (Å²) in [5.41, 5.74) is 1.41. The molecule has 1 heterocycles. The Kier molecular flexibility index (Phi) is 4.71. The van der Waals surface area contributed by atoms with E-state index in [2.05, 4.69) is 68.0 Å². The predicted octanol–water partition coefficient (Wildman–Crippen LogP) is 3.82. The number of nitrogens with zero attached hydrogens (tertiary/aromatic N) is 1. The van der Waals surface area contributed by atoms with Crippen molar-refractivity contribution in [3.05, 3.63) is 30.5 Å². The molecule has 0 spiro atoms. The fourth-order valence-corrected chi connectivity index (χ4v) is 2.28. The smallest absolute Gasteiger partial charge is 0.128 e. The highest BCUT2D eigenvalue weighted by Gasteiger charge is 2.09. The van der Waals surface area contributed by atoms with Crippen molar-refractivity contribution < 1.29 is 4.74 Å². The van der Waals surface area contributed by atoms with Crippen molar-refractivity contribution >= 4 is 10.9 Å². The number of nitrogens with one attached hydrogen (secondary N) is 1. The molecule has 0 amide bonds. The lowest BCUT2D eigenvalue weighted by molar-refractivity contribution is 0.321. The van der Waals surface area contributed by atoms with Crippen LogP contribution in [-0.2, 0) is 6.54 Å². The Bertz CT molecular complexity index is 552. The highest BCUT2D eigenvalue weighted by Crippen LogP contribution is 2.26. The molecule has 0 aliphatic heterocycles. The first-order valence-corrected chi connectivity index (χ1v) is 7.47. The Hall–Kier alpha value is -1.48. The maximum atomic E-state index is 5.81. The fraction of sp³-hybridized carbons (Fsp3) is 0.529. The van der Waals surface area contributed by atoms with Gasteiger partial charge in [0.2, 0.25) is 0 Å². The maximum Gasteiger partial charge on any atom is 0.128 e. The van der Waals surface area contributed by atoms with Gasteiger partial charge in [-0.2, -0.15) is 0 Å². The second-order valence-electron chi connectivity index (χ2n) is 6.22. The summed E-state index contributed by atoms with van der Waals surface area (Å²) in [6.07, 6.45) is 3.18. The molecule has 3 nitrogen and oxygen atoms in total. The van der Waals surface area contributed by atoms with Crippen LogP contribution in [0.15, 0.2) is 30.5 Å². The number of hydrogen-bond acceptors (Lipinski definition) is 2. The fourth-order valence-electron chi connectivity index (χ4n) is 2.28. The molecule has 1 N–H and O–H groups in total. The zero-order valence-corrected chi connectivity index (χ0v) is 13.1. The van der Waals surface area contributed by atoms with E-state index in [-0.39, 0.29) is 5.54 Å². The van der Waals surface area contributed by atoms with Crippen LogP contribution in [-0.4, -0.2) is 23.3 Å². The molecule has 110 valence electrons. The Labute approximate surface area is 121 Å². The Balaban J connectivity index is 2.11. The number of ether oxygens (including phenoxy) is 1. The zero-order chi connectivity index (χ0) is 14.6. The highest BCUT2D eigenvalue weighted by atomic mass is 16.5. The lowest BCUT2D eigenvalue weighted by Gasteiger charge is -2.20. The third kappa shape index (κ3) is 3.76. The van der Waals surface area contributed by atoms with Crippen LogP contribution in [0.4, 0.5) is 0 Å². The van der Waals surface area contributed by atoms with Crippen LogP contribution >= 0.6 is 0 Å². The Morgan fingerprint density at radius 1 is 1.20 bits per heavy atom. The number of hydrogen-bond donors (Lipinski definition) is 1. The monoisotopic (exact) mass is 274 g/mol. The van der Waals surface area contributed by atoms with E-state index in [1.807, 2.05) is 0 Å². The lowest BCUT2D eigenvalue weighted by Crippen LogP contribution is -2.37. The summed E-state index contributed by atoms with van der Waals surface area (Å²) in [5, 5.41) is 4.73. The van der Waals surface area contributed by atoms with E-state index in [1.54, 1.807) is 0 Å². The molecule has 0 aliphatic carbocycles. The molecule has 2 rings (SSSR count). The van der Waals surface area contributed by atoms with E-state index in [9.17, 15) is 0 Å². The van der Waals surface area contributed by atoms with E-state index in [0.717, 1.165) is 31.9 Å². The van der Waals surface area contributed by atoms with E-state index in [4.69, 9.17) is 4.74 Å². The van der Waals surface area contributed by atoms with E-state index >= 15 is 0 Å². The summed E-state index contributed by atoms with van der Waals surface area (Å²) in [7, 11) is 0. The van der Waals surface area contributed by atoms with Gasteiger partial charge in [-0.05, 0) is 45.4 Å². The van der Waals surface area contributed by atoms with Crippen LogP contribution in [0, 0.1) is 0 Å². The molecule has 0 saturated heterocycles. The minimum atomic E-state index is 0.165. The molecule has 20 heavy (non-hydrogen) atoms. The normalized spacial score (nSPS) is 12.0. The molecular formula is C17H26N2O. The second kappa shape index (κ2) is 6.31. The summed E-state index contributed by atoms with van der Waals surface area (Å²) in [6.45, 7) is 11.4. The van der Waals surface area contributed by atoms with Gasteiger partial charge in [0.15, 0.2) is 0 Å². The number of fused-ring (bicyclic) bond motifs is 1. The largest absolute Gasteiger partial charge is 0.493 e. The minimum Gasteiger partial charge on any atom is -0.493 e. The minimum absolute atomic E-state index is 0.165.